The summed E-state index contributed by atoms with van der Waals surface area (Å²) in [7, 11) is 0. The number of hydrogen-bond acceptors (Lipinski definition) is 2. The predicted molar refractivity (Wildman–Crippen MR) is 64.2 cm³/mol. The first-order valence-corrected chi connectivity index (χ1v) is 5.92. The van der Waals surface area contributed by atoms with Crippen LogP contribution in [0.4, 0.5) is 13.2 Å². The number of benzene rings is 1. The Morgan fingerprint density at radius 1 is 1.35 bits per heavy atom. The van der Waals surface area contributed by atoms with E-state index in [0.29, 0.717) is 6.07 Å². The standard InChI is InChI=1S/C11H10F3IO2/c1-5(2)4-17-11(16)6-3-7(12)9(14)10(15)8(6)13/h3,5H,4H2,1-2H3. The second-order valence-corrected chi connectivity index (χ2v) is 4.92. The van der Waals surface area contributed by atoms with Crippen molar-refractivity contribution in [1.82, 2.24) is 0 Å². The zero-order valence-corrected chi connectivity index (χ0v) is 11.3. The second kappa shape index (κ2) is 5.70. The van der Waals surface area contributed by atoms with Crippen molar-refractivity contribution in [3.63, 3.8) is 0 Å². The highest BCUT2D eigenvalue weighted by Gasteiger charge is 2.22. The molecular weight excluding hydrogens is 348 g/mol. The van der Waals surface area contributed by atoms with Gasteiger partial charge in [0.15, 0.2) is 17.5 Å². The molecule has 0 unspecified atom stereocenters. The molecule has 0 aliphatic rings. The number of esters is 1. The molecule has 0 saturated carbocycles. The van der Waals surface area contributed by atoms with Gasteiger partial charge >= 0.3 is 5.97 Å². The maximum absolute atomic E-state index is 13.5. The third kappa shape index (κ3) is 3.34. The van der Waals surface area contributed by atoms with E-state index in [1.54, 1.807) is 13.8 Å². The van der Waals surface area contributed by atoms with Gasteiger partial charge in [-0.1, -0.05) is 13.8 Å². The molecule has 0 aromatic heterocycles. The van der Waals surface area contributed by atoms with Gasteiger partial charge in [-0.15, -0.1) is 0 Å². The quantitative estimate of drug-likeness (QED) is 0.358. The van der Waals surface area contributed by atoms with Crippen molar-refractivity contribution in [3.8, 4) is 0 Å². The molecule has 6 heteroatoms. The van der Waals surface area contributed by atoms with Crippen LogP contribution in [0.2, 0.25) is 0 Å². The molecule has 0 aliphatic carbocycles. The first-order chi connectivity index (χ1) is 7.84. The molecular formula is C11H10F3IO2. The fourth-order valence-corrected chi connectivity index (χ4v) is 1.59. The summed E-state index contributed by atoms with van der Waals surface area (Å²) >= 11 is 1.30. The van der Waals surface area contributed by atoms with Crippen LogP contribution in [-0.4, -0.2) is 12.6 Å². The van der Waals surface area contributed by atoms with Crippen molar-refractivity contribution in [2.75, 3.05) is 6.61 Å². The summed E-state index contributed by atoms with van der Waals surface area (Å²) < 4.78 is 43.7. The van der Waals surface area contributed by atoms with Crippen LogP contribution in [0.3, 0.4) is 0 Å². The monoisotopic (exact) mass is 358 g/mol. The molecule has 0 amide bonds. The summed E-state index contributed by atoms with van der Waals surface area (Å²) in [6, 6.07) is 0.509. The average molecular weight is 358 g/mol. The van der Waals surface area contributed by atoms with Crippen molar-refractivity contribution in [2.45, 2.75) is 13.8 Å². The SMILES string of the molecule is CC(C)COC(=O)c1cc(F)c(F)c(I)c1F. The molecule has 0 heterocycles. The second-order valence-electron chi connectivity index (χ2n) is 3.84. The Kier molecular flexibility index (Phi) is 4.79. The van der Waals surface area contributed by atoms with E-state index >= 15 is 0 Å². The highest BCUT2D eigenvalue weighted by molar-refractivity contribution is 14.1. The molecule has 0 aliphatic heterocycles. The lowest BCUT2D eigenvalue weighted by Crippen LogP contribution is -2.13. The lowest BCUT2D eigenvalue weighted by molar-refractivity contribution is 0.0452. The lowest BCUT2D eigenvalue weighted by atomic mass is 10.2. The summed E-state index contributed by atoms with van der Waals surface area (Å²) in [5.74, 6) is -4.59. The fourth-order valence-electron chi connectivity index (χ4n) is 1.04. The Balaban J connectivity index is 3.02. The smallest absolute Gasteiger partial charge is 0.341 e. The maximum atomic E-state index is 13.5. The Morgan fingerprint density at radius 3 is 2.47 bits per heavy atom. The van der Waals surface area contributed by atoms with Crippen molar-refractivity contribution >= 4 is 28.6 Å². The Bertz CT molecular complexity index is 447. The minimum atomic E-state index is -1.30. The van der Waals surface area contributed by atoms with E-state index in [1.807, 2.05) is 0 Å². The number of halogens is 4. The van der Waals surface area contributed by atoms with Gasteiger partial charge in [-0.25, -0.2) is 18.0 Å². The van der Waals surface area contributed by atoms with E-state index in [9.17, 15) is 18.0 Å². The first-order valence-electron chi connectivity index (χ1n) is 4.84. The van der Waals surface area contributed by atoms with Gasteiger partial charge in [-0.2, -0.15) is 0 Å². The molecule has 1 rings (SSSR count). The number of rotatable bonds is 3. The molecule has 0 atom stereocenters. The highest BCUT2D eigenvalue weighted by atomic mass is 127. The van der Waals surface area contributed by atoms with Crippen LogP contribution in [0.25, 0.3) is 0 Å². The van der Waals surface area contributed by atoms with Gasteiger partial charge in [0.1, 0.15) is 0 Å². The number of carbonyl (C=O) groups excluding carboxylic acids is 1. The fraction of sp³-hybridized carbons (Fsp3) is 0.364. The third-order valence-electron chi connectivity index (χ3n) is 1.87. The topological polar surface area (TPSA) is 26.3 Å². The normalized spacial score (nSPS) is 10.8. The minimum absolute atomic E-state index is 0.0754. The van der Waals surface area contributed by atoms with E-state index in [1.165, 1.54) is 22.6 Å². The molecule has 0 N–H and O–H groups in total. The number of ether oxygens (including phenoxy) is 1. The summed E-state index contributed by atoms with van der Waals surface area (Å²) in [6.45, 7) is 3.70. The molecule has 1 aromatic carbocycles. The molecule has 2 nitrogen and oxygen atoms in total. The highest BCUT2D eigenvalue weighted by Crippen LogP contribution is 2.22. The van der Waals surface area contributed by atoms with Crippen LogP contribution < -0.4 is 0 Å². The van der Waals surface area contributed by atoms with Crippen LogP contribution in [-0.2, 0) is 4.74 Å². The zero-order chi connectivity index (χ0) is 13.2. The Morgan fingerprint density at radius 2 is 1.94 bits per heavy atom. The van der Waals surface area contributed by atoms with E-state index < -0.39 is 32.6 Å². The molecule has 0 fully saturated rings. The minimum Gasteiger partial charge on any atom is -0.462 e. The van der Waals surface area contributed by atoms with Crippen molar-refractivity contribution < 1.29 is 22.7 Å². The zero-order valence-electron chi connectivity index (χ0n) is 9.19. The summed E-state index contributed by atoms with van der Waals surface area (Å²) in [5.41, 5.74) is -0.589. The number of hydrogen-bond donors (Lipinski definition) is 0. The predicted octanol–water partition coefficient (Wildman–Crippen LogP) is 3.52. The summed E-state index contributed by atoms with van der Waals surface area (Å²) in [6.07, 6.45) is 0. The van der Waals surface area contributed by atoms with Gasteiger partial charge in [-0.05, 0) is 34.6 Å². The van der Waals surface area contributed by atoms with Crippen molar-refractivity contribution in [2.24, 2.45) is 5.92 Å². The molecule has 0 spiro atoms. The third-order valence-corrected chi connectivity index (χ3v) is 2.82. The van der Waals surface area contributed by atoms with Crippen molar-refractivity contribution in [3.05, 3.63) is 32.7 Å². The lowest BCUT2D eigenvalue weighted by Gasteiger charge is -2.09. The van der Waals surface area contributed by atoms with Gasteiger partial charge < -0.3 is 4.74 Å². The maximum Gasteiger partial charge on any atom is 0.341 e. The van der Waals surface area contributed by atoms with E-state index in [0.717, 1.165) is 0 Å². The van der Waals surface area contributed by atoms with Crippen LogP contribution >= 0.6 is 22.6 Å². The van der Waals surface area contributed by atoms with Crippen LogP contribution in [0, 0.1) is 26.9 Å². The Hall–Kier alpha value is -0.790. The van der Waals surface area contributed by atoms with E-state index in [-0.39, 0.29) is 12.5 Å². The van der Waals surface area contributed by atoms with E-state index in [4.69, 9.17) is 4.74 Å². The van der Waals surface area contributed by atoms with E-state index in [2.05, 4.69) is 0 Å². The Labute approximate surface area is 110 Å². The number of carbonyl (C=O) groups is 1. The molecule has 0 bridgehead atoms. The van der Waals surface area contributed by atoms with Gasteiger partial charge in [0, 0.05) is 0 Å². The van der Waals surface area contributed by atoms with Gasteiger partial charge in [-0.3, -0.25) is 0 Å². The largest absolute Gasteiger partial charge is 0.462 e. The van der Waals surface area contributed by atoms with Gasteiger partial charge in [0.25, 0.3) is 0 Å². The molecule has 94 valence electrons. The van der Waals surface area contributed by atoms with Crippen LogP contribution in [0.15, 0.2) is 6.07 Å². The first kappa shape index (κ1) is 14.3. The van der Waals surface area contributed by atoms with Gasteiger partial charge in [0.2, 0.25) is 0 Å². The average Bonchev–Trinajstić information content (AvgIpc) is 2.28. The van der Waals surface area contributed by atoms with Crippen LogP contribution in [0.5, 0.6) is 0 Å². The van der Waals surface area contributed by atoms with Gasteiger partial charge in [0.05, 0.1) is 15.7 Å². The molecule has 0 saturated heterocycles. The molecule has 1 aromatic rings. The molecule has 0 radical (unpaired) electrons. The van der Waals surface area contributed by atoms with Crippen LogP contribution in [0.1, 0.15) is 24.2 Å². The molecule has 17 heavy (non-hydrogen) atoms. The summed E-state index contributed by atoms with van der Waals surface area (Å²) in [5, 5.41) is 0. The van der Waals surface area contributed by atoms with Crippen molar-refractivity contribution in [1.29, 1.82) is 0 Å². The summed E-state index contributed by atoms with van der Waals surface area (Å²) in [4.78, 5) is 11.4.